The number of piperidine rings is 1. The number of ether oxygens (including phenoxy) is 1. The molecule has 5 rings (SSSR count). The van der Waals surface area contributed by atoms with Gasteiger partial charge in [-0.2, -0.15) is 0 Å². The number of H-pyrrole nitrogens is 1. The Bertz CT molecular complexity index is 844. The first-order valence-electron chi connectivity index (χ1n) is 10.5. The van der Waals surface area contributed by atoms with Crippen molar-refractivity contribution in [1.82, 2.24) is 19.8 Å². The average Bonchev–Trinajstić information content (AvgIpc) is 3.38. The Morgan fingerprint density at radius 1 is 1.29 bits per heavy atom. The minimum Gasteiger partial charge on any atom is -0.480 e. The van der Waals surface area contributed by atoms with E-state index in [0.29, 0.717) is 6.42 Å². The van der Waals surface area contributed by atoms with Crippen molar-refractivity contribution >= 4 is 5.91 Å². The second kappa shape index (κ2) is 6.92. The Morgan fingerprint density at radius 2 is 2.11 bits per heavy atom. The quantitative estimate of drug-likeness (QED) is 0.889. The number of para-hydroxylation sites is 1. The number of carbonyl (C=O) groups excluding carboxylic acids is 1. The minimum absolute atomic E-state index is 0.0279. The van der Waals surface area contributed by atoms with Crippen molar-refractivity contribution in [3.63, 3.8) is 0 Å². The molecule has 0 bridgehead atoms. The number of fused-ring (bicyclic) bond motifs is 3. The fourth-order valence-electron chi connectivity index (χ4n) is 5.29. The van der Waals surface area contributed by atoms with Gasteiger partial charge in [0.1, 0.15) is 5.75 Å². The van der Waals surface area contributed by atoms with Crippen LogP contribution in [0.25, 0.3) is 0 Å². The van der Waals surface area contributed by atoms with E-state index < -0.39 is 0 Å². The molecule has 4 heterocycles. The number of nitrogens with one attached hydrogen (secondary N) is 1. The average molecular weight is 380 g/mol. The van der Waals surface area contributed by atoms with Crippen molar-refractivity contribution in [2.45, 2.75) is 50.7 Å². The van der Waals surface area contributed by atoms with Crippen LogP contribution in [0.2, 0.25) is 0 Å². The molecule has 28 heavy (non-hydrogen) atoms. The molecular weight excluding hydrogens is 352 g/mol. The molecule has 148 valence electrons. The van der Waals surface area contributed by atoms with E-state index in [1.165, 1.54) is 11.4 Å². The highest BCUT2D eigenvalue weighted by Gasteiger charge is 2.47. The third kappa shape index (κ3) is 2.73. The highest BCUT2D eigenvalue weighted by molar-refractivity contribution is 5.82. The maximum atomic E-state index is 13.1. The van der Waals surface area contributed by atoms with E-state index in [-0.39, 0.29) is 17.6 Å². The number of rotatable bonds is 3. The van der Waals surface area contributed by atoms with Crippen LogP contribution in [0.15, 0.2) is 30.6 Å². The lowest BCUT2D eigenvalue weighted by atomic mass is 9.78. The maximum absolute atomic E-state index is 13.1. The highest BCUT2D eigenvalue weighted by Crippen LogP contribution is 2.42. The summed E-state index contributed by atoms with van der Waals surface area (Å²) in [6.45, 7) is 5.92. The summed E-state index contributed by atoms with van der Waals surface area (Å²) in [7, 11) is 0. The smallest absolute Gasteiger partial charge is 0.263 e. The molecule has 0 aliphatic carbocycles. The zero-order chi connectivity index (χ0) is 19.1. The molecule has 1 fully saturated rings. The maximum Gasteiger partial charge on any atom is 0.263 e. The van der Waals surface area contributed by atoms with Gasteiger partial charge >= 0.3 is 0 Å². The number of amides is 1. The molecule has 1 saturated heterocycles. The lowest BCUT2D eigenvalue weighted by Crippen LogP contribution is -2.58. The lowest BCUT2D eigenvalue weighted by Gasteiger charge is -2.50. The molecule has 1 spiro atoms. The number of aromatic amines is 1. The summed E-state index contributed by atoms with van der Waals surface area (Å²) in [5, 5.41) is 0. The summed E-state index contributed by atoms with van der Waals surface area (Å²) in [6, 6.07) is 7.98. The highest BCUT2D eigenvalue weighted by atomic mass is 16.5. The van der Waals surface area contributed by atoms with Crippen LogP contribution in [0, 0.1) is 0 Å². The van der Waals surface area contributed by atoms with Gasteiger partial charge in [0.05, 0.1) is 17.6 Å². The zero-order valence-corrected chi connectivity index (χ0v) is 16.5. The molecule has 1 aromatic carbocycles. The molecule has 1 aromatic heterocycles. The summed E-state index contributed by atoms with van der Waals surface area (Å²) >= 11 is 0. The Kier molecular flexibility index (Phi) is 4.38. The molecule has 0 saturated carbocycles. The zero-order valence-electron chi connectivity index (χ0n) is 16.5. The molecule has 1 N–H and O–H groups in total. The number of likely N-dealkylation sites (tertiary alicyclic amines) is 1. The number of nitrogens with zero attached hydrogens (tertiary/aromatic N) is 3. The second-order valence-electron chi connectivity index (χ2n) is 8.24. The largest absolute Gasteiger partial charge is 0.480 e. The van der Waals surface area contributed by atoms with Crippen molar-refractivity contribution in [2.24, 2.45) is 0 Å². The number of hydrogen-bond acceptors (Lipinski definition) is 4. The van der Waals surface area contributed by atoms with Gasteiger partial charge in [-0.3, -0.25) is 9.69 Å². The Morgan fingerprint density at radius 3 is 2.89 bits per heavy atom. The first-order chi connectivity index (χ1) is 13.7. The van der Waals surface area contributed by atoms with Crippen LogP contribution in [0.3, 0.4) is 0 Å². The molecule has 2 aromatic rings. The summed E-state index contributed by atoms with van der Waals surface area (Å²) in [6.07, 6.45) is 6.20. The Labute approximate surface area is 165 Å². The SMILES string of the molecule is CCCN1CCc2[nH]cnc2C12CCN(C(=O)[C@H]1Cc3ccccc3O1)CC2. The third-order valence-electron chi connectivity index (χ3n) is 6.71. The number of carbonyl (C=O) groups is 1. The topological polar surface area (TPSA) is 61.5 Å². The van der Waals surface area contributed by atoms with Crippen molar-refractivity contribution in [3.8, 4) is 5.75 Å². The molecule has 3 aliphatic heterocycles. The second-order valence-corrected chi connectivity index (χ2v) is 8.24. The predicted octanol–water partition coefficient (Wildman–Crippen LogP) is 2.50. The van der Waals surface area contributed by atoms with Gasteiger partial charge in [0, 0.05) is 38.2 Å². The lowest BCUT2D eigenvalue weighted by molar-refractivity contribution is -0.141. The fraction of sp³-hybridized carbons (Fsp3) is 0.545. The molecule has 1 amide bonds. The molecule has 0 radical (unpaired) electrons. The third-order valence-corrected chi connectivity index (χ3v) is 6.71. The molecule has 1 atom stereocenters. The van der Waals surface area contributed by atoms with Crippen molar-refractivity contribution in [1.29, 1.82) is 0 Å². The first kappa shape index (κ1) is 17.7. The summed E-state index contributed by atoms with van der Waals surface area (Å²) in [4.78, 5) is 25.8. The van der Waals surface area contributed by atoms with Crippen molar-refractivity contribution < 1.29 is 9.53 Å². The van der Waals surface area contributed by atoms with E-state index in [1.807, 2.05) is 29.4 Å². The number of imidazole rings is 1. The molecule has 6 nitrogen and oxygen atoms in total. The summed E-state index contributed by atoms with van der Waals surface area (Å²) < 4.78 is 5.94. The van der Waals surface area contributed by atoms with E-state index in [1.54, 1.807) is 0 Å². The predicted molar refractivity (Wildman–Crippen MR) is 106 cm³/mol. The van der Waals surface area contributed by atoms with Crippen LogP contribution in [0.1, 0.15) is 43.1 Å². The van der Waals surface area contributed by atoms with Gasteiger partial charge in [0.15, 0.2) is 6.10 Å². The van der Waals surface area contributed by atoms with Gasteiger partial charge < -0.3 is 14.6 Å². The monoisotopic (exact) mass is 380 g/mol. The van der Waals surface area contributed by atoms with Gasteiger partial charge in [0.2, 0.25) is 0 Å². The van der Waals surface area contributed by atoms with Crippen LogP contribution in [0.4, 0.5) is 0 Å². The van der Waals surface area contributed by atoms with E-state index >= 15 is 0 Å². The molecular formula is C22H28N4O2. The summed E-state index contributed by atoms with van der Waals surface area (Å²) in [5.74, 6) is 0.989. The normalized spacial score (nSPS) is 23.3. The molecule has 3 aliphatic rings. The van der Waals surface area contributed by atoms with Crippen LogP contribution in [0.5, 0.6) is 5.75 Å². The summed E-state index contributed by atoms with van der Waals surface area (Å²) in [5.41, 5.74) is 3.60. The first-order valence-corrected chi connectivity index (χ1v) is 10.5. The van der Waals surface area contributed by atoms with Gasteiger partial charge in [-0.25, -0.2) is 4.98 Å². The van der Waals surface area contributed by atoms with E-state index in [9.17, 15) is 4.79 Å². The van der Waals surface area contributed by atoms with Crippen molar-refractivity contribution in [3.05, 3.63) is 47.5 Å². The van der Waals surface area contributed by atoms with Crippen molar-refractivity contribution in [2.75, 3.05) is 26.2 Å². The molecule has 6 heteroatoms. The van der Waals surface area contributed by atoms with E-state index in [2.05, 4.69) is 22.9 Å². The molecule has 0 unspecified atom stereocenters. The van der Waals surface area contributed by atoms with Crippen LogP contribution in [-0.2, 0) is 23.2 Å². The number of benzene rings is 1. The van der Waals surface area contributed by atoms with Gasteiger partial charge in [-0.05, 0) is 37.4 Å². The van der Waals surface area contributed by atoms with E-state index in [0.717, 1.165) is 63.2 Å². The van der Waals surface area contributed by atoms with Gasteiger partial charge in [-0.1, -0.05) is 25.1 Å². The number of aromatic nitrogens is 2. The van der Waals surface area contributed by atoms with Crippen LogP contribution >= 0.6 is 0 Å². The van der Waals surface area contributed by atoms with E-state index in [4.69, 9.17) is 9.72 Å². The fourth-order valence-corrected chi connectivity index (χ4v) is 5.29. The Balaban J connectivity index is 1.31. The standard InChI is InChI=1S/C22H28N4O2/c1-2-10-26-11-7-17-20(24-15-23-17)22(26)8-12-25(13-9-22)21(27)19-14-16-5-3-4-6-18(16)28-19/h3-6,15,19H,2,7-14H2,1H3,(H,23,24)/t19-/m1/s1. The Hall–Kier alpha value is -2.34. The minimum atomic E-state index is -0.370. The van der Waals surface area contributed by atoms with Crippen LogP contribution < -0.4 is 4.74 Å². The van der Waals surface area contributed by atoms with Crippen LogP contribution in [-0.4, -0.2) is 58.0 Å². The van der Waals surface area contributed by atoms with Gasteiger partial charge in [-0.15, -0.1) is 0 Å². The number of hydrogen-bond donors (Lipinski definition) is 1. The van der Waals surface area contributed by atoms with Gasteiger partial charge in [0.25, 0.3) is 5.91 Å².